The average Bonchev–Trinajstić information content (AvgIpc) is 2.21. The highest BCUT2D eigenvalue weighted by Crippen LogP contribution is 2.26. The summed E-state index contributed by atoms with van der Waals surface area (Å²) in [6, 6.07) is 6.02. The van der Waals surface area contributed by atoms with Crippen LogP contribution in [-0.2, 0) is 6.54 Å². The molecule has 0 aliphatic carbocycles. The molecule has 0 aliphatic rings. The molecule has 0 aliphatic heterocycles. The molecule has 0 bridgehead atoms. The van der Waals surface area contributed by atoms with Gasteiger partial charge < -0.3 is 15.2 Å². The van der Waals surface area contributed by atoms with Gasteiger partial charge in [0.15, 0.2) is 0 Å². The number of aliphatic hydroxyl groups is 1. The van der Waals surface area contributed by atoms with Crippen LogP contribution in [0, 0.1) is 0 Å². The van der Waals surface area contributed by atoms with Crippen LogP contribution in [0.5, 0.6) is 5.75 Å². The van der Waals surface area contributed by atoms with Crippen molar-refractivity contribution in [1.82, 2.24) is 5.32 Å². The largest absolute Gasteiger partial charge is 0.490 e. The molecule has 2 N–H and O–H groups in total. The van der Waals surface area contributed by atoms with E-state index in [-0.39, 0.29) is 12.2 Å². The van der Waals surface area contributed by atoms with Gasteiger partial charge in [0.1, 0.15) is 5.75 Å². The Morgan fingerprint density at radius 2 is 2.06 bits per heavy atom. The van der Waals surface area contributed by atoms with Crippen LogP contribution in [0.25, 0.3) is 0 Å². The molecule has 96 valence electrons. The van der Waals surface area contributed by atoms with Crippen LogP contribution in [0.15, 0.2) is 22.7 Å². The second-order valence-electron chi connectivity index (χ2n) is 4.41. The number of hydrogen-bond donors (Lipinski definition) is 2. The lowest BCUT2D eigenvalue weighted by Gasteiger charge is -2.13. The molecule has 0 spiro atoms. The molecule has 0 saturated carbocycles. The van der Waals surface area contributed by atoms with Gasteiger partial charge in [-0.2, -0.15) is 0 Å². The first-order chi connectivity index (χ1) is 7.99. The Balaban J connectivity index is 2.56. The van der Waals surface area contributed by atoms with Crippen molar-refractivity contribution in [3.8, 4) is 5.75 Å². The number of halogens is 1. The molecule has 17 heavy (non-hydrogen) atoms. The fraction of sp³-hybridized carbons (Fsp3) is 0.538. The molecule has 0 heterocycles. The third-order valence-electron chi connectivity index (χ3n) is 2.13. The Kier molecular flexibility index (Phi) is 5.95. The van der Waals surface area contributed by atoms with Crippen molar-refractivity contribution in [2.24, 2.45) is 0 Å². The van der Waals surface area contributed by atoms with E-state index < -0.39 is 0 Å². The summed E-state index contributed by atoms with van der Waals surface area (Å²) in [5.41, 5.74) is 1.16. The molecule has 1 rings (SSSR count). The van der Waals surface area contributed by atoms with E-state index in [0.717, 1.165) is 22.3 Å². The molecular weight excluding hydrogens is 282 g/mol. The summed E-state index contributed by atoms with van der Waals surface area (Å²) in [5, 5.41) is 12.3. The van der Waals surface area contributed by atoms with Crippen molar-refractivity contribution in [1.29, 1.82) is 0 Å². The summed E-state index contributed by atoms with van der Waals surface area (Å²) in [7, 11) is 0. The quantitative estimate of drug-likeness (QED) is 0.849. The van der Waals surface area contributed by atoms with Crippen molar-refractivity contribution in [2.75, 3.05) is 6.54 Å². The molecule has 3 nitrogen and oxygen atoms in total. The Labute approximate surface area is 111 Å². The van der Waals surface area contributed by atoms with E-state index in [2.05, 4.69) is 21.2 Å². The molecule has 1 aromatic carbocycles. The molecule has 1 aromatic rings. The highest BCUT2D eigenvalue weighted by molar-refractivity contribution is 9.10. The van der Waals surface area contributed by atoms with Gasteiger partial charge >= 0.3 is 0 Å². The molecule has 1 atom stereocenters. The highest BCUT2D eigenvalue weighted by atomic mass is 79.9. The zero-order valence-corrected chi connectivity index (χ0v) is 12.1. The lowest BCUT2D eigenvalue weighted by atomic mass is 10.2. The first-order valence-electron chi connectivity index (χ1n) is 5.83. The van der Waals surface area contributed by atoms with Gasteiger partial charge in [0.2, 0.25) is 0 Å². The molecule has 0 amide bonds. The smallest absolute Gasteiger partial charge is 0.133 e. The molecular formula is C13H20BrNO2. The lowest BCUT2D eigenvalue weighted by Crippen LogP contribution is -2.23. The third-order valence-corrected chi connectivity index (χ3v) is 2.75. The van der Waals surface area contributed by atoms with E-state index in [0.29, 0.717) is 6.54 Å². The number of rotatable bonds is 6. The van der Waals surface area contributed by atoms with Gasteiger partial charge in [0, 0.05) is 13.1 Å². The van der Waals surface area contributed by atoms with Crippen molar-refractivity contribution < 1.29 is 9.84 Å². The normalized spacial score (nSPS) is 12.8. The summed E-state index contributed by atoms with van der Waals surface area (Å²) in [5.74, 6) is 0.860. The maximum atomic E-state index is 9.14. The Hall–Kier alpha value is -0.580. The minimum atomic E-state index is -0.318. The summed E-state index contributed by atoms with van der Waals surface area (Å²) in [6.45, 7) is 7.12. The van der Waals surface area contributed by atoms with Crippen molar-refractivity contribution in [3.05, 3.63) is 28.2 Å². The lowest BCUT2D eigenvalue weighted by molar-refractivity contribution is 0.191. The van der Waals surface area contributed by atoms with Gasteiger partial charge in [0.05, 0.1) is 16.7 Å². The predicted molar refractivity (Wildman–Crippen MR) is 73.3 cm³/mol. The van der Waals surface area contributed by atoms with Gasteiger partial charge in [-0.15, -0.1) is 0 Å². The van der Waals surface area contributed by atoms with E-state index in [9.17, 15) is 0 Å². The zero-order valence-electron chi connectivity index (χ0n) is 10.5. The first-order valence-corrected chi connectivity index (χ1v) is 6.62. The fourth-order valence-electron chi connectivity index (χ4n) is 1.43. The topological polar surface area (TPSA) is 41.5 Å². The van der Waals surface area contributed by atoms with Gasteiger partial charge in [-0.25, -0.2) is 0 Å². The first kappa shape index (κ1) is 14.5. The van der Waals surface area contributed by atoms with Crippen molar-refractivity contribution in [3.63, 3.8) is 0 Å². The van der Waals surface area contributed by atoms with Gasteiger partial charge in [-0.1, -0.05) is 6.07 Å². The highest BCUT2D eigenvalue weighted by Gasteiger charge is 2.04. The summed E-state index contributed by atoms with van der Waals surface area (Å²) in [6.07, 6.45) is -0.146. The van der Waals surface area contributed by atoms with Gasteiger partial charge in [-0.05, 0) is 54.4 Å². The Morgan fingerprint density at radius 1 is 1.35 bits per heavy atom. The predicted octanol–water partition coefficient (Wildman–Crippen LogP) is 2.71. The van der Waals surface area contributed by atoms with Gasteiger partial charge in [-0.3, -0.25) is 0 Å². The molecule has 0 saturated heterocycles. The standard InChI is InChI=1S/C13H20BrNO2/c1-9(2)17-13-5-4-11(6-12(13)14)8-15-7-10(3)16/h4-6,9-10,15-16H,7-8H2,1-3H3/t10-/m0/s1. The molecule has 0 radical (unpaired) electrons. The minimum Gasteiger partial charge on any atom is -0.490 e. The van der Waals surface area contributed by atoms with E-state index in [1.807, 2.05) is 32.0 Å². The SMILES string of the molecule is CC(C)Oc1ccc(CNC[C@H](C)O)cc1Br. The Bertz CT molecular complexity index is 353. The van der Waals surface area contributed by atoms with E-state index in [1.54, 1.807) is 6.92 Å². The number of benzene rings is 1. The molecule has 4 heteroatoms. The van der Waals surface area contributed by atoms with Gasteiger partial charge in [0.25, 0.3) is 0 Å². The number of nitrogens with one attached hydrogen (secondary N) is 1. The van der Waals surface area contributed by atoms with Crippen LogP contribution in [0.4, 0.5) is 0 Å². The van der Waals surface area contributed by atoms with Crippen LogP contribution in [0.1, 0.15) is 26.3 Å². The third kappa shape index (κ3) is 5.52. The van der Waals surface area contributed by atoms with E-state index in [1.165, 1.54) is 0 Å². The second kappa shape index (κ2) is 6.99. The fourth-order valence-corrected chi connectivity index (χ4v) is 1.95. The summed E-state index contributed by atoms with van der Waals surface area (Å²) in [4.78, 5) is 0. The second-order valence-corrected chi connectivity index (χ2v) is 5.27. The monoisotopic (exact) mass is 301 g/mol. The Morgan fingerprint density at radius 3 is 2.59 bits per heavy atom. The molecule has 0 fully saturated rings. The number of hydrogen-bond acceptors (Lipinski definition) is 3. The summed E-state index contributed by atoms with van der Waals surface area (Å²) >= 11 is 3.49. The van der Waals surface area contributed by atoms with E-state index in [4.69, 9.17) is 9.84 Å². The van der Waals surface area contributed by atoms with Crippen molar-refractivity contribution >= 4 is 15.9 Å². The minimum absolute atomic E-state index is 0.172. The van der Waals surface area contributed by atoms with Crippen LogP contribution >= 0.6 is 15.9 Å². The van der Waals surface area contributed by atoms with Crippen LogP contribution < -0.4 is 10.1 Å². The molecule has 0 unspecified atom stereocenters. The maximum absolute atomic E-state index is 9.14. The number of ether oxygens (including phenoxy) is 1. The maximum Gasteiger partial charge on any atom is 0.133 e. The molecule has 0 aromatic heterocycles. The van der Waals surface area contributed by atoms with E-state index >= 15 is 0 Å². The van der Waals surface area contributed by atoms with Crippen LogP contribution in [0.3, 0.4) is 0 Å². The summed E-state index contributed by atoms with van der Waals surface area (Å²) < 4.78 is 6.60. The average molecular weight is 302 g/mol. The van der Waals surface area contributed by atoms with Crippen LogP contribution in [-0.4, -0.2) is 23.9 Å². The van der Waals surface area contributed by atoms with Crippen LogP contribution in [0.2, 0.25) is 0 Å². The zero-order chi connectivity index (χ0) is 12.8. The van der Waals surface area contributed by atoms with Crippen molar-refractivity contribution in [2.45, 2.75) is 39.5 Å². The number of aliphatic hydroxyl groups excluding tert-OH is 1.